The molecule has 0 saturated heterocycles. The zero-order valence-electron chi connectivity index (χ0n) is 14.9. The van der Waals surface area contributed by atoms with Gasteiger partial charge in [-0.15, -0.1) is 12.6 Å². The topological polar surface area (TPSA) is 74.7 Å². The molecule has 0 aliphatic rings. The van der Waals surface area contributed by atoms with E-state index in [2.05, 4.69) is 12.6 Å². The number of hydrogen-bond acceptors (Lipinski definition) is 4. The van der Waals surface area contributed by atoms with Crippen LogP contribution in [0.25, 0.3) is 0 Å². The van der Waals surface area contributed by atoms with Crippen LogP contribution in [-0.2, 0) is 23.1 Å². The number of benzene rings is 3. The van der Waals surface area contributed by atoms with Crippen LogP contribution in [0.5, 0.6) is 0 Å². The summed E-state index contributed by atoms with van der Waals surface area (Å²) < 4.78 is 28.2. The van der Waals surface area contributed by atoms with Gasteiger partial charge in [0.1, 0.15) is 0 Å². The Balaban J connectivity index is 2.05. The van der Waals surface area contributed by atoms with E-state index in [9.17, 15) is 18.3 Å². The summed E-state index contributed by atoms with van der Waals surface area (Å²) in [6, 6.07) is 22.4. The van der Waals surface area contributed by atoms with E-state index in [0.29, 0.717) is 0 Å². The highest BCUT2D eigenvalue weighted by Crippen LogP contribution is 2.27. The van der Waals surface area contributed by atoms with E-state index in [1.807, 2.05) is 60.7 Å². The van der Waals surface area contributed by atoms with Crippen molar-refractivity contribution in [2.45, 2.75) is 22.9 Å². The number of carboxylic acid groups (broad SMARTS) is 1. The summed E-state index contributed by atoms with van der Waals surface area (Å²) in [4.78, 5) is 11.4. The van der Waals surface area contributed by atoms with E-state index in [0.717, 1.165) is 17.2 Å². The zero-order chi connectivity index (χ0) is 20.1. The summed E-state index contributed by atoms with van der Waals surface area (Å²) in [5.41, 5.74) is 1.56. The molecule has 0 aliphatic heterocycles. The molecule has 3 aromatic carbocycles. The maximum Gasteiger partial charge on any atom is 0.335 e. The molecule has 0 heterocycles. The van der Waals surface area contributed by atoms with E-state index >= 15 is 0 Å². The van der Waals surface area contributed by atoms with Crippen molar-refractivity contribution in [3.05, 3.63) is 95.6 Å². The summed E-state index contributed by atoms with van der Waals surface area (Å²) in [7, 11) is -3.99. The van der Waals surface area contributed by atoms with Gasteiger partial charge in [-0.3, -0.25) is 0 Å². The predicted molar refractivity (Wildman–Crippen MR) is 110 cm³/mol. The fourth-order valence-corrected chi connectivity index (χ4v) is 4.80. The maximum atomic E-state index is 13.4. The van der Waals surface area contributed by atoms with Gasteiger partial charge in [-0.05, 0) is 29.3 Å². The van der Waals surface area contributed by atoms with Crippen LogP contribution >= 0.6 is 12.6 Å². The Morgan fingerprint density at radius 1 is 0.857 bits per heavy atom. The third-order valence-electron chi connectivity index (χ3n) is 4.23. The Morgan fingerprint density at radius 3 is 1.82 bits per heavy atom. The third kappa shape index (κ3) is 4.62. The lowest BCUT2D eigenvalue weighted by atomic mass is 10.2. The SMILES string of the molecule is O=C(O)c1ccc(S)c(S(=O)(=O)N(Cc2ccccc2)Cc2ccccc2)c1. The number of sulfonamides is 1. The summed E-state index contributed by atoms with van der Waals surface area (Å²) in [5.74, 6) is -1.19. The number of nitrogens with zero attached hydrogens (tertiary/aromatic N) is 1. The van der Waals surface area contributed by atoms with Gasteiger partial charge in [0, 0.05) is 18.0 Å². The molecule has 0 unspecified atom stereocenters. The summed E-state index contributed by atoms with van der Waals surface area (Å²) in [5, 5.41) is 9.24. The van der Waals surface area contributed by atoms with E-state index < -0.39 is 16.0 Å². The van der Waals surface area contributed by atoms with Gasteiger partial charge < -0.3 is 5.11 Å². The highest BCUT2D eigenvalue weighted by molar-refractivity contribution is 7.90. The van der Waals surface area contributed by atoms with Gasteiger partial charge in [0.2, 0.25) is 10.0 Å². The Morgan fingerprint density at radius 2 is 1.36 bits per heavy atom. The minimum absolute atomic E-state index is 0.101. The van der Waals surface area contributed by atoms with Crippen molar-refractivity contribution in [2.24, 2.45) is 0 Å². The number of carbonyl (C=O) groups is 1. The summed E-state index contributed by atoms with van der Waals surface area (Å²) in [6.45, 7) is 0.311. The van der Waals surface area contributed by atoms with Crippen LogP contribution in [0.4, 0.5) is 0 Å². The van der Waals surface area contributed by atoms with Gasteiger partial charge >= 0.3 is 5.97 Å². The Bertz CT molecular complexity index is 1030. The van der Waals surface area contributed by atoms with E-state index in [1.165, 1.54) is 16.4 Å². The first kappa shape index (κ1) is 20.1. The van der Waals surface area contributed by atoms with Crippen molar-refractivity contribution < 1.29 is 18.3 Å². The van der Waals surface area contributed by atoms with Gasteiger partial charge in [-0.2, -0.15) is 4.31 Å². The van der Waals surface area contributed by atoms with Gasteiger partial charge in [0.05, 0.1) is 10.5 Å². The zero-order valence-corrected chi connectivity index (χ0v) is 16.6. The van der Waals surface area contributed by atoms with E-state index in [4.69, 9.17) is 0 Å². The minimum Gasteiger partial charge on any atom is -0.478 e. The van der Waals surface area contributed by atoms with Gasteiger partial charge in [0.25, 0.3) is 0 Å². The highest BCUT2D eigenvalue weighted by atomic mass is 32.2. The monoisotopic (exact) mass is 413 g/mol. The number of thiol groups is 1. The average Bonchev–Trinajstić information content (AvgIpc) is 2.69. The van der Waals surface area contributed by atoms with Crippen LogP contribution in [0.3, 0.4) is 0 Å². The molecule has 0 aliphatic carbocycles. The average molecular weight is 414 g/mol. The molecule has 1 N–H and O–H groups in total. The van der Waals surface area contributed by atoms with Crippen LogP contribution in [0.2, 0.25) is 0 Å². The van der Waals surface area contributed by atoms with Gasteiger partial charge in [-0.1, -0.05) is 60.7 Å². The highest BCUT2D eigenvalue weighted by Gasteiger charge is 2.28. The molecule has 0 atom stereocenters. The lowest BCUT2D eigenvalue weighted by molar-refractivity contribution is 0.0696. The quantitative estimate of drug-likeness (QED) is 0.573. The molecule has 0 radical (unpaired) electrons. The van der Waals surface area contributed by atoms with Crippen LogP contribution in [-0.4, -0.2) is 23.8 Å². The van der Waals surface area contributed by atoms with Crippen LogP contribution in [0.1, 0.15) is 21.5 Å². The third-order valence-corrected chi connectivity index (χ3v) is 6.60. The van der Waals surface area contributed by atoms with Crippen LogP contribution in [0.15, 0.2) is 88.7 Å². The predicted octanol–water partition coefficient (Wildman–Crippen LogP) is 4.06. The van der Waals surface area contributed by atoms with E-state index in [1.54, 1.807) is 0 Å². The molecule has 0 bridgehead atoms. The molecule has 0 amide bonds. The number of carboxylic acids is 1. The standard InChI is InChI=1S/C21H19NO4S2/c23-21(24)18-11-12-19(27)20(13-18)28(25,26)22(14-16-7-3-1-4-8-16)15-17-9-5-2-6-10-17/h1-13,27H,14-15H2,(H,23,24). The first-order valence-electron chi connectivity index (χ1n) is 8.52. The summed E-state index contributed by atoms with van der Waals surface area (Å²) in [6.07, 6.45) is 0. The molecule has 144 valence electrons. The van der Waals surface area contributed by atoms with Crippen LogP contribution < -0.4 is 0 Å². The lowest BCUT2D eigenvalue weighted by Gasteiger charge is -2.23. The number of rotatable bonds is 7. The van der Waals surface area contributed by atoms with Gasteiger partial charge in [0.15, 0.2) is 0 Å². The minimum atomic E-state index is -3.99. The van der Waals surface area contributed by atoms with Gasteiger partial charge in [-0.25, -0.2) is 13.2 Å². The van der Waals surface area contributed by atoms with Crippen molar-refractivity contribution in [1.82, 2.24) is 4.31 Å². The molecule has 0 aromatic heterocycles. The number of aromatic carboxylic acids is 1. The molecule has 0 saturated carbocycles. The molecule has 0 fully saturated rings. The lowest BCUT2D eigenvalue weighted by Crippen LogP contribution is -2.30. The Labute approximate surface area is 169 Å². The Kier molecular flexibility index (Phi) is 6.18. The van der Waals surface area contributed by atoms with E-state index in [-0.39, 0.29) is 28.4 Å². The smallest absolute Gasteiger partial charge is 0.335 e. The molecular weight excluding hydrogens is 394 g/mol. The molecule has 7 heteroatoms. The molecule has 5 nitrogen and oxygen atoms in total. The molecular formula is C21H19NO4S2. The second kappa shape index (κ2) is 8.60. The van der Waals surface area contributed by atoms with Crippen LogP contribution in [0, 0.1) is 0 Å². The van der Waals surface area contributed by atoms with Crippen molar-refractivity contribution in [3.8, 4) is 0 Å². The first-order chi connectivity index (χ1) is 13.4. The van der Waals surface area contributed by atoms with Crippen molar-refractivity contribution in [1.29, 1.82) is 0 Å². The molecule has 28 heavy (non-hydrogen) atoms. The Hall–Kier alpha value is -2.61. The number of hydrogen-bond donors (Lipinski definition) is 2. The largest absolute Gasteiger partial charge is 0.478 e. The molecule has 3 aromatic rings. The van der Waals surface area contributed by atoms with Crippen molar-refractivity contribution >= 4 is 28.6 Å². The second-order valence-corrected chi connectivity index (χ2v) is 8.62. The van der Waals surface area contributed by atoms with Crippen molar-refractivity contribution in [2.75, 3.05) is 0 Å². The normalized spacial score (nSPS) is 11.5. The summed E-state index contributed by atoms with van der Waals surface area (Å²) >= 11 is 4.26. The van der Waals surface area contributed by atoms with Crippen molar-refractivity contribution in [3.63, 3.8) is 0 Å². The fraction of sp³-hybridized carbons (Fsp3) is 0.0952. The first-order valence-corrected chi connectivity index (χ1v) is 10.4. The maximum absolute atomic E-state index is 13.4. The second-order valence-electron chi connectivity index (χ2n) is 6.23. The molecule has 3 rings (SSSR count). The molecule has 0 spiro atoms. The fourth-order valence-electron chi connectivity index (χ4n) is 2.79.